The van der Waals surface area contributed by atoms with E-state index in [9.17, 15) is 4.79 Å². The molecule has 9 nitrogen and oxygen atoms in total. The van der Waals surface area contributed by atoms with Crippen LogP contribution in [0.2, 0.25) is 0 Å². The summed E-state index contributed by atoms with van der Waals surface area (Å²) >= 11 is 0. The summed E-state index contributed by atoms with van der Waals surface area (Å²) < 4.78 is 21.3. The van der Waals surface area contributed by atoms with Crippen molar-refractivity contribution < 1.29 is 28.8 Å². The van der Waals surface area contributed by atoms with Crippen molar-refractivity contribution in [1.29, 1.82) is 0 Å². The van der Waals surface area contributed by atoms with Gasteiger partial charge < -0.3 is 29.0 Å². The number of aromatic nitrogens is 2. The number of anilines is 1. The molecule has 3 aromatic rings. The maximum absolute atomic E-state index is 10.5. The number of carboxylic acid groups (broad SMARTS) is 1. The van der Waals surface area contributed by atoms with Crippen LogP contribution in [0.1, 0.15) is 13.8 Å². The molecule has 0 saturated heterocycles. The van der Waals surface area contributed by atoms with Crippen molar-refractivity contribution >= 4 is 11.8 Å². The van der Waals surface area contributed by atoms with Gasteiger partial charge in [0.05, 0.1) is 51.6 Å². The van der Waals surface area contributed by atoms with Gasteiger partial charge in [-0.05, 0) is 62.4 Å². The van der Waals surface area contributed by atoms with Crippen molar-refractivity contribution in [3.05, 3.63) is 54.7 Å². The number of ether oxygens (including phenoxy) is 4. The molecule has 1 aromatic heterocycles. The normalized spacial score (nSPS) is 10.9. The van der Waals surface area contributed by atoms with Crippen molar-refractivity contribution in [2.75, 3.05) is 52.1 Å². The lowest BCUT2D eigenvalue weighted by atomic mass is 10.0. The van der Waals surface area contributed by atoms with Gasteiger partial charge in [-0.2, -0.15) is 0 Å². The summed E-state index contributed by atoms with van der Waals surface area (Å²) in [6, 6.07) is 15.7. The zero-order chi connectivity index (χ0) is 25.9. The molecule has 0 unspecified atom stereocenters. The van der Waals surface area contributed by atoms with Crippen molar-refractivity contribution in [3.63, 3.8) is 0 Å². The Labute approximate surface area is 211 Å². The maximum atomic E-state index is 10.5. The Hall–Kier alpha value is -3.69. The first-order valence-corrected chi connectivity index (χ1v) is 11.7. The monoisotopic (exact) mass is 495 g/mol. The molecule has 1 N–H and O–H groups in total. The molecule has 0 radical (unpaired) electrons. The SMILES string of the molecule is COc1ccc(-c2ncc(N(CCOCCOCC(=O)O)C(C)C)nc2-c2ccc(OC)cc2)cc1. The van der Waals surface area contributed by atoms with E-state index in [2.05, 4.69) is 18.7 Å². The summed E-state index contributed by atoms with van der Waals surface area (Å²) in [5.74, 6) is 1.28. The van der Waals surface area contributed by atoms with E-state index < -0.39 is 5.97 Å². The molecule has 192 valence electrons. The molecule has 0 aliphatic rings. The van der Waals surface area contributed by atoms with Crippen LogP contribution in [-0.4, -0.2) is 74.3 Å². The molecular weight excluding hydrogens is 462 g/mol. The van der Waals surface area contributed by atoms with Gasteiger partial charge >= 0.3 is 5.97 Å². The first-order valence-electron chi connectivity index (χ1n) is 11.7. The molecule has 2 aromatic carbocycles. The van der Waals surface area contributed by atoms with Crippen LogP contribution in [0.4, 0.5) is 5.82 Å². The van der Waals surface area contributed by atoms with E-state index in [0.29, 0.717) is 19.8 Å². The largest absolute Gasteiger partial charge is 0.497 e. The summed E-state index contributed by atoms with van der Waals surface area (Å²) in [5.41, 5.74) is 3.38. The highest BCUT2D eigenvalue weighted by atomic mass is 16.5. The minimum absolute atomic E-state index is 0.154. The number of hydrogen-bond acceptors (Lipinski definition) is 8. The minimum atomic E-state index is -0.995. The van der Waals surface area contributed by atoms with Gasteiger partial charge in [-0.15, -0.1) is 0 Å². The predicted molar refractivity (Wildman–Crippen MR) is 138 cm³/mol. The topological polar surface area (TPSA) is 103 Å². The molecule has 3 rings (SSSR count). The number of carbonyl (C=O) groups is 1. The molecule has 36 heavy (non-hydrogen) atoms. The van der Waals surface area contributed by atoms with Gasteiger partial charge in [0, 0.05) is 23.7 Å². The summed E-state index contributed by atoms with van der Waals surface area (Å²) in [6.45, 7) is 5.42. The number of methoxy groups -OCH3 is 2. The van der Waals surface area contributed by atoms with Gasteiger partial charge in [-0.3, -0.25) is 4.98 Å². The van der Waals surface area contributed by atoms with E-state index in [0.717, 1.165) is 39.8 Å². The molecule has 9 heteroatoms. The van der Waals surface area contributed by atoms with Gasteiger partial charge in [-0.25, -0.2) is 9.78 Å². The van der Waals surface area contributed by atoms with Crippen LogP contribution in [-0.2, 0) is 14.3 Å². The highest BCUT2D eigenvalue weighted by Gasteiger charge is 2.18. The molecule has 0 saturated carbocycles. The fourth-order valence-corrected chi connectivity index (χ4v) is 3.61. The van der Waals surface area contributed by atoms with Crippen LogP contribution in [0, 0.1) is 0 Å². The maximum Gasteiger partial charge on any atom is 0.329 e. The van der Waals surface area contributed by atoms with E-state index in [1.54, 1.807) is 20.4 Å². The van der Waals surface area contributed by atoms with Crippen LogP contribution in [0.5, 0.6) is 11.5 Å². The quantitative estimate of drug-likeness (QED) is 0.330. The van der Waals surface area contributed by atoms with Crippen LogP contribution >= 0.6 is 0 Å². The average molecular weight is 496 g/mol. The second-order valence-corrected chi connectivity index (χ2v) is 8.23. The Kier molecular flexibility index (Phi) is 10.0. The molecule has 0 aliphatic carbocycles. The fraction of sp³-hybridized carbons (Fsp3) is 0.370. The molecule has 0 spiro atoms. The Morgan fingerprint density at radius 3 is 1.94 bits per heavy atom. The minimum Gasteiger partial charge on any atom is -0.497 e. The zero-order valence-corrected chi connectivity index (χ0v) is 21.1. The van der Waals surface area contributed by atoms with E-state index in [4.69, 9.17) is 34.0 Å². The lowest BCUT2D eigenvalue weighted by molar-refractivity contribution is -0.142. The van der Waals surface area contributed by atoms with Gasteiger partial charge in [0.1, 0.15) is 23.9 Å². The summed E-state index contributed by atoms with van der Waals surface area (Å²) in [4.78, 5) is 22.5. The molecule has 1 heterocycles. The zero-order valence-electron chi connectivity index (χ0n) is 21.1. The number of benzene rings is 2. The Balaban J connectivity index is 1.84. The molecule has 0 bridgehead atoms. The molecular formula is C27H33N3O6. The van der Waals surface area contributed by atoms with E-state index >= 15 is 0 Å². The van der Waals surface area contributed by atoms with E-state index in [-0.39, 0.29) is 19.3 Å². The summed E-state index contributed by atoms with van der Waals surface area (Å²) in [7, 11) is 3.28. The van der Waals surface area contributed by atoms with E-state index in [1.165, 1.54) is 0 Å². The van der Waals surface area contributed by atoms with Gasteiger partial charge in [0.25, 0.3) is 0 Å². The summed E-state index contributed by atoms with van der Waals surface area (Å²) in [6.07, 6.45) is 1.78. The van der Waals surface area contributed by atoms with Crippen LogP contribution in [0.15, 0.2) is 54.7 Å². The van der Waals surface area contributed by atoms with Gasteiger partial charge in [0.15, 0.2) is 0 Å². The van der Waals surface area contributed by atoms with Crippen molar-refractivity contribution in [2.45, 2.75) is 19.9 Å². The third-order valence-corrected chi connectivity index (χ3v) is 5.48. The lowest BCUT2D eigenvalue weighted by Gasteiger charge is -2.28. The van der Waals surface area contributed by atoms with Crippen LogP contribution in [0.25, 0.3) is 22.5 Å². The number of carboxylic acids is 1. The van der Waals surface area contributed by atoms with Crippen molar-refractivity contribution in [2.24, 2.45) is 0 Å². The molecule has 0 fully saturated rings. The highest BCUT2D eigenvalue weighted by molar-refractivity contribution is 5.79. The number of aliphatic carboxylic acids is 1. The van der Waals surface area contributed by atoms with Crippen molar-refractivity contribution in [3.8, 4) is 34.0 Å². The molecule has 0 aliphatic heterocycles. The smallest absolute Gasteiger partial charge is 0.329 e. The number of rotatable bonds is 14. The van der Waals surface area contributed by atoms with E-state index in [1.807, 2.05) is 48.5 Å². The number of nitrogens with zero attached hydrogens (tertiary/aromatic N) is 3. The van der Waals surface area contributed by atoms with Gasteiger partial charge in [0.2, 0.25) is 0 Å². The second-order valence-electron chi connectivity index (χ2n) is 8.23. The van der Waals surface area contributed by atoms with Crippen LogP contribution in [0.3, 0.4) is 0 Å². The molecule has 0 amide bonds. The van der Waals surface area contributed by atoms with Crippen LogP contribution < -0.4 is 14.4 Å². The number of hydrogen-bond donors (Lipinski definition) is 1. The summed E-state index contributed by atoms with van der Waals surface area (Å²) in [5, 5.41) is 8.63. The fourth-order valence-electron chi connectivity index (χ4n) is 3.61. The third kappa shape index (κ3) is 7.40. The Morgan fingerprint density at radius 2 is 1.42 bits per heavy atom. The highest BCUT2D eigenvalue weighted by Crippen LogP contribution is 2.32. The lowest BCUT2D eigenvalue weighted by Crippen LogP contribution is -2.35. The molecule has 0 atom stereocenters. The predicted octanol–water partition coefficient (Wildman–Crippen LogP) is 4.16. The third-order valence-electron chi connectivity index (χ3n) is 5.48. The Bertz CT molecular complexity index is 1100. The average Bonchev–Trinajstić information content (AvgIpc) is 2.89. The standard InChI is InChI=1S/C27H33N3O6/c1-19(2)30(13-14-35-15-16-36-18-25(31)32)24-17-28-26(20-5-9-22(33-3)10-6-20)27(29-24)21-7-11-23(34-4)12-8-21/h5-12,17,19H,13-16,18H2,1-4H3,(H,31,32). The van der Waals surface area contributed by atoms with Crippen molar-refractivity contribution in [1.82, 2.24) is 9.97 Å². The first-order chi connectivity index (χ1) is 17.4. The Morgan fingerprint density at radius 1 is 0.861 bits per heavy atom. The van der Waals surface area contributed by atoms with Gasteiger partial charge in [-0.1, -0.05) is 0 Å². The second kappa shape index (κ2) is 13.4. The first kappa shape index (κ1) is 26.9.